The normalized spacial score (nSPS) is 9.23. The third-order valence-electron chi connectivity index (χ3n) is 5.22. The lowest BCUT2D eigenvalue weighted by atomic mass is 10.1. The quantitative estimate of drug-likeness (QED) is 0.0289. The summed E-state index contributed by atoms with van der Waals surface area (Å²) in [6.45, 7) is 15.5. The molecule has 0 spiro atoms. The van der Waals surface area contributed by atoms with Crippen LogP contribution in [-0.2, 0) is 37.9 Å². The molecule has 0 N–H and O–H groups in total. The maximum absolute atomic E-state index is 10.1. The van der Waals surface area contributed by atoms with Gasteiger partial charge in [-0.15, -0.1) is 11.6 Å². The van der Waals surface area contributed by atoms with E-state index in [4.69, 9.17) is 116 Å². The lowest BCUT2D eigenvalue weighted by Crippen LogP contribution is -1.99. The standard InChI is InChI=1S/C9H17ClO2.C7H13ClO2.C5H9ClO2.C4H7ClO2.C4H5ClO2.C3H4BrClO2.2C3H4Cl2O2/c1-2-3-4-5-6-7-8-12-9(10)11;1-2-3-4-5-6-10-7(8)9;1-2-3-4-8-5(6)7;2*1-2-3-7-4(5)6;4-1-2-7-3(5)6;1-2(4)7-3(5)6;4-1-2-7-3(5)6/h2-8H2,1H3;2-6H2,1H3;2-4H2,1H3;2-3H2,1H3;2H,1,3H2;1-2H2;2H,1H3;1-2H2. The van der Waals surface area contributed by atoms with Crippen LogP contribution in [0.1, 0.15) is 118 Å². The molecule has 0 aliphatic carbocycles. The number of ether oxygens (including phenoxy) is 8. The smallest absolute Gasteiger partial charge is 0.405 e. The highest BCUT2D eigenvalue weighted by Gasteiger charge is 1.99. The Kier molecular flexibility index (Phi) is 92.6. The second-order valence-electron chi connectivity index (χ2n) is 10.8. The molecule has 27 heteroatoms. The van der Waals surface area contributed by atoms with Crippen LogP contribution in [0.3, 0.4) is 0 Å². The van der Waals surface area contributed by atoms with Gasteiger partial charge in [-0.25, -0.2) is 38.4 Å². The molecule has 0 aliphatic heterocycles. The van der Waals surface area contributed by atoms with Gasteiger partial charge in [0.15, 0.2) is 5.56 Å². The van der Waals surface area contributed by atoms with Crippen LogP contribution < -0.4 is 0 Å². The molecule has 1 atom stereocenters. The number of halogens is 11. The van der Waals surface area contributed by atoms with Crippen molar-refractivity contribution in [2.75, 3.05) is 57.5 Å². The van der Waals surface area contributed by atoms with Gasteiger partial charge >= 0.3 is 43.4 Å². The Morgan fingerprint density at radius 2 is 0.754 bits per heavy atom. The number of rotatable bonds is 24. The highest BCUT2D eigenvalue weighted by molar-refractivity contribution is 9.09. The second kappa shape index (κ2) is 74.4. The van der Waals surface area contributed by atoms with Crippen molar-refractivity contribution in [3.8, 4) is 0 Å². The fourth-order valence-electron chi connectivity index (χ4n) is 2.68. The Balaban J connectivity index is -0.0000000961. The molecule has 0 saturated carbocycles. The van der Waals surface area contributed by atoms with Crippen LogP contribution in [0.5, 0.6) is 0 Å². The molecule has 0 heterocycles. The SMILES string of the molecule is C=CCOC(=O)Cl.CC(Cl)OC(=O)Cl.CCCCCCCCOC(=O)Cl.CCCCCCOC(=O)Cl.CCCCOC(=O)Cl.CCCOC(=O)Cl.O=C(Cl)OCCBr.O=C(Cl)OCCCl. The minimum atomic E-state index is -0.873. The van der Waals surface area contributed by atoms with E-state index in [1.165, 1.54) is 51.5 Å². The fourth-order valence-corrected chi connectivity index (χ4v) is 3.71. The van der Waals surface area contributed by atoms with Gasteiger partial charge in [-0.3, -0.25) is 0 Å². The van der Waals surface area contributed by atoms with E-state index in [1.54, 1.807) is 0 Å². The van der Waals surface area contributed by atoms with Gasteiger partial charge in [0.25, 0.3) is 0 Å². The first-order chi connectivity index (χ1) is 30.5. The molecule has 0 aromatic heterocycles. The molecule has 0 fully saturated rings. The molecule has 0 saturated heterocycles. The zero-order valence-electron chi connectivity index (χ0n) is 37.1. The molecule has 16 nitrogen and oxygen atoms in total. The van der Waals surface area contributed by atoms with Gasteiger partial charge in [0.05, 0.1) is 32.3 Å². The van der Waals surface area contributed by atoms with Crippen LogP contribution in [0, 0.1) is 0 Å². The van der Waals surface area contributed by atoms with E-state index in [2.05, 4.69) is 74.3 Å². The lowest BCUT2D eigenvalue weighted by Gasteiger charge is -2.00. The maximum atomic E-state index is 10.1. The summed E-state index contributed by atoms with van der Waals surface area (Å²) in [5, 5.41) is 0.630. The van der Waals surface area contributed by atoms with Crippen LogP contribution in [-0.4, -0.2) is 106 Å². The fraction of sp³-hybridized carbons (Fsp3) is 0.737. The Morgan fingerprint density at radius 1 is 0.446 bits per heavy atom. The van der Waals surface area contributed by atoms with Gasteiger partial charge in [-0.05, 0) is 32.6 Å². The molecule has 0 aromatic carbocycles. The van der Waals surface area contributed by atoms with E-state index in [0.29, 0.717) is 44.2 Å². The van der Waals surface area contributed by atoms with Gasteiger partial charge in [-0.2, -0.15) is 0 Å². The van der Waals surface area contributed by atoms with Crippen LogP contribution in [0.2, 0.25) is 0 Å². The van der Waals surface area contributed by atoms with Gasteiger partial charge < -0.3 is 37.9 Å². The summed E-state index contributed by atoms with van der Waals surface area (Å²) >= 11 is 51.8. The van der Waals surface area contributed by atoms with Gasteiger partial charge in [0, 0.05) is 98.1 Å². The number of hydrogen-bond acceptors (Lipinski definition) is 16. The zero-order valence-corrected chi connectivity index (χ0v) is 46.3. The zero-order chi connectivity index (χ0) is 52.1. The average molecular weight is 1210 g/mol. The minimum Gasteiger partial charge on any atom is -0.454 e. The summed E-state index contributed by atoms with van der Waals surface area (Å²) in [7, 11) is 0. The molecule has 1 unspecified atom stereocenters. The number of carbonyl (C=O) groups excluding carboxylic acids is 8. The van der Waals surface area contributed by atoms with E-state index >= 15 is 0 Å². The molecule has 0 rings (SSSR count). The maximum Gasteiger partial charge on any atom is 0.405 e. The Bertz CT molecular complexity index is 1090. The predicted octanol–water partition coefficient (Wildman–Crippen LogP) is 17.4. The van der Waals surface area contributed by atoms with Gasteiger partial charge in [0.2, 0.25) is 0 Å². The largest absolute Gasteiger partial charge is 0.454 e. The van der Waals surface area contributed by atoms with Crippen molar-refractivity contribution in [1.82, 2.24) is 0 Å². The van der Waals surface area contributed by atoms with E-state index in [-0.39, 0.29) is 13.2 Å². The van der Waals surface area contributed by atoms with Gasteiger partial charge in [0.1, 0.15) is 19.8 Å². The summed E-state index contributed by atoms with van der Waals surface area (Å²) in [5.74, 6) is 0.290. The van der Waals surface area contributed by atoms with Crippen molar-refractivity contribution in [2.45, 2.75) is 124 Å². The summed E-state index contributed by atoms with van der Waals surface area (Å²) in [6.07, 6.45) is 15.7. The van der Waals surface area contributed by atoms with Crippen molar-refractivity contribution in [1.29, 1.82) is 0 Å². The van der Waals surface area contributed by atoms with Gasteiger partial charge in [-0.1, -0.05) is 126 Å². The molecule has 0 aliphatic rings. The minimum absolute atomic E-state index is 0.183. The molecule has 0 amide bonds. The monoisotopic (exact) mass is 1200 g/mol. The Hall–Kier alpha value is -1.12. The molecule has 0 bridgehead atoms. The predicted molar refractivity (Wildman–Crippen MR) is 265 cm³/mol. The van der Waals surface area contributed by atoms with E-state index in [1.807, 2.05) is 13.8 Å². The second-order valence-corrected chi connectivity index (χ2v) is 15.1. The summed E-state index contributed by atoms with van der Waals surface area (Å²) in [4.78, 5) is 78.6. The first-order valence-corrected chi connectivity index (χ1v) is 24.6. The van der Waals surface area contributed by atoms with Crippen molar-refractivity contribution >= 4 is 175 Å². The topological polar surface area (TPSA) is 210 Å². The lowest BCUT2D eigenvalue weighted by molar-refractivity contribution is 0.165. The molecule has 388 valence electrons. The molecular weight excluding hydrogens is 1150 g/mol. The molecule has 0 aromatic rings. The average Bonchev–Trinajstić information content (AvgIpc) is 3.21. The Morgan fingerprint density at radius 3 is 0.969 bits per heavy atom. The van der Waals surface area contributed by atoms with Crippen LogP contribution >= 0.6 is 132 Å². The van der Waals surface area contributed by atoms with Crippen molar-refractivity contribution < 1.29 is 76.3 Å². The molecule has 65 heavy (non-hydrogen) atoms. The summed E-state index contributed by atoms with van der Waals surface area (Å²) < 4.78 is 34.6. The highest BCUT2D eigenvalue weighted by atomic mass is 79.9. The Labute approximate surface area is 442 Å². The first kappa shape index (κ1) is 80.9. The summed E-state index contributed by atoms with van der Waals surface area (Å²) in [6, 6.07) is 0. The highest BCUT2D eigenvalue weighted by Crippen LogP contribution is 2.05. The van der Waals surface area contributed by atoms with E-state index in [0.717, 1.165) is 44.9 Å². The third kappa shape index (κ3) is 147. The molecular formula is C38H63BrCl10O16. The van der Waals surface area contributed by atoms with E-state index in [9.17, 15) is 38.4 Å². The van der Waals surface area contributed by atoms with Crippen LogP contribution in [0.25, 0.3) is 0 Å². The molecule has 0 radical (unpaired) electrons. The first-order valence-electron chi connectivity index (χ1n) is 19.5. The summed E-state index contributed by atoms with van der Waals surface area (Å²) in [5.41, 5.74) is -6.67. The van der Waals surface area contributed by atoms with Crippen molar-refractivity contribution in [3.63, 3.8) is 0 Å². The number of carbonyl (C=O) groups is 8. The van der Waals surface area contributed by atoms with E-state index < -0.39 is 49.0 Å². The third-order valence-corrected chi connectivity index (χ3v) is 6.64. The van der Waals surface area contributed by atoms with Crippen molar-refractivity contribution in [2.24, 2.45) is 0 Å². The number of alkyl halides is 3. The number of hydrogen-bond donors (Lipinski definition) is 0. The van der Waals surface area contributed by atoms with Crippen molar-refractivity contribution in [3.05, 3.63) is 12.7 Å². The van der Waals surface area contributed by atoms with Crippen LogP contribution in [0.4, 0.5) is 38.4 Å². The number of unbranched alkanes of at least 4 members (excludes halogenated alkanes) is 9. The van der Waals surface area contributed by atoms with Crippen LogP contribution in [0.15, 0.2) is 12.7 Å².